The maximum atomic E-state index is 2.59. The van der Waals surface area contributed by atoms with E-state index in [2.05, 4.69) is 205 Å². The Bertz CT molecular complexity index is 2650. The van der Waals surface area contributed by atoms with Crippen LogP contribution < -0.4 is 20.7 Å². The summed E-state index contributed by atoms with van der Waals surface area (Å²) in [5.74, 6) is 0. The van der Waals surface area contributed by atoms with Crippen molar-refractivity contribution in [2.45, 2.75) is 5.41 Å². The van der Waals surface area contributed by atoms with E-state index in [1.807, 2.05) is 0 Å². The van der Waals surface area contributed by atoms with Gasteiger partial charge in [0.25, 0.3) is 0 Å². The van der Waals surface area contributed by atoms with Crippen molar-refractivity contribution in [3.8, 4) is 16.8 Å². The first kappa shape index (κ1) is 28.6. The summed E-state index contributed by atoms with van der Waals surface area (Å²) in [5, 5.41) is 8.12. The van der Waals surface area contributed by atoms with Gasteiger partial charge >= 0.3 is 0 Å². The van der Waals surface area contributed by atoms with Crippen LogP contribution in [0.15, 0.2) is 200 Å². The number of hydrogen-bond donors (Lipinski definition) is 0. The standard InChI is InChI=1S/C49H33NSi/c1-4-17-34(18-5-1)51(35-19-6-2-7-20-35,36-21-8-3-9-22-36)37-31-32-44-47(33-37)50-46-30-15-12-25-40(46)41-26-16-29-45(48(41)50)49(44)42-27-13-10-23-38(42)39-24-11-14-28-43(39)49/h1-33H. The Labute approximate surface area is 298 Å². The second kappa shape index (κ2) is 10.6. The van der Waals surface area contributed by atoms with E-state index in [0.29, 0.717) is 0 Å². The minimum atomic E-state index is -2.79. The van der Waals surface area contributed by atoms with E-state index in [1.54, 1.807) is 0 Å². The summed E-state index contributed by atoms with van der Waals surface area (Å²) in [4.78, 5) is 0. The Morgan fingerprint density at radius 1 is 0.353 bits per heavy atom. The van der Waals surface area contributed by atoms with E-state index in [1.165, 1.54) is 81.6 Å². The van der Waals surface area contributed by atoms with Gasteiger partial charge in [-0.25, -0.2) is 0 Å². The predicted molar refractivity (Wildman–Crippen MR) is 215 cm³/mol. The minimum Gasteiger partial charge on any atom is -0.309 e. The molecule has 0 fully saturated rings. The Kier molecular flexibility index (Phi) is 5.97. The number of aromatic nitrogens is 1. The zero-order chi connectivity index (χ0) is 33.6. The summed E-state index contributed by atoms with van der Waals surface area (Å²) in [6.45, 7) is 0. The van der Waals surface area contributed by atoms with Gasteiger partial charge in [-0.1, -0.05) is 188 Å². The lowest BCUT2D eigenvalue weighted by Gasteiger charge is -2.41. The van der Waals surface area contributed by atoms with Crippen LogP contribution in [0.25, 0.3) is 38.6 Å². The van der Waals surface area contributed by atoms with Gasteiger partial charge in [0.15, 0.2) is 8.07 Å². The Hall–Kier alpha value is -6.22. The number of rotatable bonds is 4. The van der Waals surface area contributed by atoms with Gasteiger partial charge in [-0.2, -0.15) is 0 Å². The largest absolute Gasteiger partial charge is 0.309 e. The molecule has 238 valence electrons. The SMILES string of the molecule is c1ccc([Si](c2ccccc2)(c2ccccc2)c2ccc3c(c2)-n2c4ccccc4c4cccc(c42)C32c3ccccc3-c3ccccc32)cc1. The lowest BCUT2D eigenvalue weighted by Crippen LogP contribution is -2.74. The topological polar surface area (TPSA) is 4.93 Å². The molecule has 0 N–H and O–H groups in total. The van der Waals surface area contributed by atoms with Crippen molar-refractivity contribution < 1.29 is 0 Å². The van der Waals surface area contributed by atoms with Crippen molar-refractivity contribution in [2.75, 3.05) is 0 Å². The van der Waals surface area contributed by atoms with Crippen LogP contribution in [-0.4, -0.2) is 12.6 Å². The first-order valence-electron chi connectivity index (χ1n) is 17.9. The molecule has 2 heteroatoms. The zero-order valence-corrected chi connectivity index (χ0v) is 29.0. The molecule has 8 aromatic carbocycles. The first-order chi connectivity index (χ1) is 25.3. The van der Waals surface area contributed by atoms with Crippen molar-refractivity contribution >= 4 is 50.6 Å². The molecule has 1 nitrogen and oxygen atoms in total. The van der Waals surface area contributed by atoms with Crippen molar-refractivity contribution in [2.24, 2.45) is 0 Å². The number of benzene rings is 8. The van der Waals surface area contributed by atoms with Crippen LogP contribution in [0.3, 0.4) is 0 Å². The number of para-hydroxylation sites is 2. The van der Waals surface area contributed by atoms with Gasteiger partial charge in [-0.3, -0.25) is 0 Å². The lowest BCUT2D eigenvalue weighted by atomic mass is 9.65. The molecule has 0 saturated carbocycles. The van der Waals surface area contributed by atoms with Gasteiger partial charge < -0.3 is 4.57 Å². The van der Waals surface area contributed by atoms with Crippen LogP contribution in [0.1, 0.15) is 22.3 Å². The summed E-state index contributed by atoms with van der Waals surface area (Å²) in [7, 11) is -2.79. The zero-order valence-electron chi connectivity index (χ0n) is 28.0. The van der Waals surface area contributed by atoms with E-state index in [9.17, 15) is 0 Å². The van der Waals surface area contributed by atoms with E-state index in [4.69, 9.17) is 0 Å². The van der Waals surface area contributed by atoms with Crippen LogP contribution in [0.5, 0.6) is 0 Å². The second-order valence-electron chi connectivity index (χ2n) is 14.0. The highest BCUT2D eigenvalue weighted by atomic mass is 28.3. The molecule has 0 saturated heterocycles. The van der Waals surface area contributed by atoms with Crippen LogP contribution >= 0.6 is 0 Å². The summed E-state index contributed by atoms with van der Waals surface area (Å²) in [6, 6.07) is 75.6. The van der Waals surface area contributed by atoms with Gasteiger partial charge in [0.2, 0.25) is 0 Å². The van der Waals surface area contributed by atoms with Crippen molar-refractivity contribution in [3.63, 3.8) is 0 Å². The molecular weight excluding hydrogens is 631 g/mol. The quantitative estimate of drug-likeness (QED) is 0.131. The highest BCUT2D eigenvalue weighted by Crippen LogP contribution is 2.60. The van der Waals surface area contributed by atoms with Gasteiger partial charge in [0.1, 0.15) is 0 Å². The van der Waals surface area contributed by atoms with E-state index in [0.717, 1.165) is 0 Å². The van der Waals surface area contributed by atoms with Crippen LogP contribution in [-0.2, 0) is 5.41 Å². The third-order valence-corrected chi connectivity index (χ3v) is 16.5. The van der Waals surface area contributed by atoms with Crippen LogP contribution in [0, 0.1) is 0 Å². The molecule has 0 bridgehead atoms. The third-order valence-electron chi connectivity index (χ3n) is 11.7. The molecule has 2 aliphatic rings. The van der Waals surface area contributed by atoms with Crippen molar-refractivity contribution in [1.29, 1.82) is 0 Å². The summed E-state index contributed by atoms with van der Waals surface area (Å²) < 4.78 is 2.59. The Balaban J connectivity index is 1.35. The molecule has 9 aromatic rings. The molecule has 0 atom stereocenters. The van der Waals surface area contributed by atoms with E-state index in [-0.39, 0.29) is 0 Å². The third kappa shape index (κ3) is 3.60. The van der Waals surface area contributed by atoms with Gasteiger partial charge in [0, 0.05) is 10.8 Å². The van der Waals surface area contributed by atoms with Crippen LogP contribution in [0.2, 0.25) is 0 Å². The molecule has 2 heterocycles. The molecule has 1 aromatic heterocycles. The molecule has 1 aliphatic heterocycles. The average molecular weight is 664 g/mol. The smallest absolute Gasteiger partial charge is 0.179 e. The lowest BCUT2D eigenvalue weighted by molar-refractivity contribution is 0.749. The maximum Gasteiger partial charge on any atom is 0.179 e. The maximum absolute atomic E-state index is 2.79. The molecule has 1 spiro atoms. The van der Waals surface area contributed by atoms with E-state index < -0.39 is 13.5 Å². The van der Waals surface area contributed by atoms with Gasteiger partial charge in [0.05, 0.1) is 22.1 Å². The van der Waals surface area contributed by atoms with Gasteiger partial charge in [-0.05, 0) is 66.3 Å². The van der Waals surface area contributed by atoms with Crippen LogP contribution in [0.4, 0.5) is 0 Å². The number of nitrogens with zero attached hydrogens (tertiary/aromatic N) is 1. The second-order valence-corrected chi connectivity index (χ2v) is 17.8. The molecule has 11 rings (SSSR count). The predicted octanol–water partition coefficient (Wildman–Crippen LogP) is 8.84. The highest BCUT2D eigenvalue weighted by molar-refractivity contribution is 7.19. The minimum absolute atomic E-state index is 0.457. The summed E-state index contributed by atoms with van der Waals surface area (Å²) in [5.41, 5.74) is 11.4. The Morgan fingerprint density at radius 3 is 1.45 bits per heavy atom. The highest BCUT2D eigenvalue weighted by Gasteiger charge is 2.51. The average Bonchev–Trinajstić information content (AvgIpc) is 3.70. The van der Waals surface area contributed by atoms with Crippen molar-refractivity contribution in [3.05, 3.63) is 222 Å². The summed E-state index contributed by atoms with van der Waals surface area (Å²) >= 11 is 0. The number of hydrogen-bond acceptors (Lipinski definition) is 0. The fraction of sp³-hybridized carbons (Fsp3) is 0.0204. The monoisotopic (exact) mass is 663 g/mol. The molecular formula is C49H33NSi. The van der Waals surface area contributed by atoms with E-state index >= 15 is 0 Å². The molecule has 0 radical (unpaired) electrons. The fourth-order valence-electron chi connectivity index (χ4n) is 9.86. The first-order valence-corrected chi connectivity index (χ1v) is 19.9. The van der Waals surface area contributed by atoms with Crippen molar-refractivity contribution in [1.82, 2.24) is 4.57 Å². The summed E-state index contributed by atoms with van der Waals surface area (Å²) in [6.07, 6.45) is 0. The molecule has 0 amide bonds. The molecule has 1 aliphatic carbocycles. The Morgan fingerprint density at radius 2 is 0.843 bits per heavy atom. The van der Waals surface area contributed by atoms with Gasteiger partial charge in [-0.15, -0.1) is 0 Å². The normalized spacial score (nSPS) is 13.6. The molecule has 0 unspecified atom stereocenters. The molecule has 51 heavy (non-hydrogen) atoms. The fourth-order valence-corrected chi connectivity index (χ4v) is 14.6. The number of fused-ring (bicyclic) bond motifs is 12.